The normalized spacial score (nSPS) is 16.2. The van der Waals surface area contributed by atoms with Crippen molar-refractivity contribution in [3.05, 3.63) is 89.4 Å². The number of hydrogen-bond acceptors (Lipinski definition) is 4. The molecule has 0 unspecified atom stereocenters. The van der Waals surface area contributed by atoms with Crippen LogP contribution >= 0.6 is 0 Å². The molecule has 1 saturated heterocycles. The monoisotopic (exact) mass is 447 g/mol. The highest BCUT2D eigenvalue weighted by molar-refractivity contribution is 5.60. The number of methoxy groups -OCH3 is 1. The molecule has 5 heteroatoms. The maximum atomic E-state index is 11.9. The van der Waals surface area contributed by atoms with Crippen LogP contribution in [0.15, 0.2) is 66.9 Å². The van der Waals surface area contributed by atoms with Gasteiger partial charge >= 0.3 is 0 Å². The topological polar surface area (TPSA) is 28.6 Å². The number of anilines is 1. The van der Waals surface area contributed by atoms with Crippen LogP contribution in [0.2, 0.25) is 0 Å². The van der Waals surface area contributed by atoms with Crippen molar-refractivity contribution in [2.75, 3.05) is 38.2 Å². The van der Waals surface area contributed by atoms with E-state index < -0.39 is 0 Å². The standard InChI is InChI=1S/C22H29N3O.C6H5F/c1-3-24-11-9-20(10-12-24)25-13-8-19-6-4-17(15-21(19)25)14-18-5-7-22(26-2)23-16-18;7-6-4-2-1-3-5-6/h4-7,15-16,20H,3,8-14H2,1-2H3;1-5H. The van der Waals surface area contributed by atoms with Gasteiger partial charge in [-0.05, 0) is 67.1 Å². The summed E-state index contributed by atoms with van der Waals surface area (Å²) in [7, 11) is 1.65. The van der Waals surface area contributed by atoms with E-state index in [2.05, 4.69) is 46.0 Å². The van der Waals surface area contributed by atoms with Gasteiger partial charge in [-0.2, -0.15) is 0 Å². The maximum absolute atomic E-state index is 11.9. The molecule has 1 aromatic heterocycles. The molecule has 0 bridgehead atoms. The molecule has 0 spiro atoms. The highest BCUT2D eigenvalue weighted by atomic mass is 19.1. The van der Waals surface area contributed by atoms with Crippen LogP contribution < -0.4 is 9.64 Å². The van der Waals surface area contributed by atoms with Crippen LogP contribution in [-0.4, -0.2) is 49.2 Å². The number of fused-ring (bicyclic) bond motifs is 1. The summed E-state index contributed by atoms with van der Waals surface area (Å²) in [6.45, 7) is 7.11. The Morgan fingerprint density at radius 2 is 1.73 bits per heavy atom. The van der Waals surface area contributed by atoms with Crippen LogP contribution in [0.5, 0.6) is 5.88 Å². The molecule has 2 aromatic carbocycles. The van der Waals surface area contributed by atoms with Gasteiger partial charge in [0.2, 0.25) is 5.88 Å². The first kappa shape index (κ1) is 23.2. The van der Waals surface area contributed by atoms with Crippen LogP contribution in [0.25, 0.3) is 0 Å². The minimum Gasteiger partial charge on any atom is -0.481 e. The van der Waals surface area contributed by atoms with Crippen molar-refractivity contribution in [1.82, 2.24) is 9.88 Å². The molecule has 3 aromatic rings. The van der Waals surface area contributed by atoms with Crippen molar-refractivity contribution in [3.63, 3.8) is 0 Å². The van der Waals surface area contributed by atoms with Crippen LogP contribution in [0.4, 0.5) is 10.1 Å². The Bertz CT molecular complexity index is 1000. The third-order valence-electron chi connectivity index (χ3n) is 6.67. The third kappa shape index (κ3) is 6.11. The molecule has 5 rings (SSSR count). The molecule has 0 aliphatic carbocycles. The van der Waals surface area contributed by atoms with Gasteiger partial charge in [0, 0.05) is 43.6 Å². The van der Waals surface area contributed by atoms with Gasteiger partial charge in [0.15, 0.2) is 0 Å². The predicted octanol–water partition coefficient (Wildman–Crippen LogP) is 5.35. The Morgan fingerprint density at radius 3 is 2.33 bits per heavy atom. The fourth-order valence-corrected chi connectivity index (χ4v) is 4.77. The zero-order valence-electron chi connectivity index (χ0n) is 19.7. The largest absolute Gasteiger partial charge is 0.481 e. The van der Waals surface area contributed by atoms with E-state index in [0.717, 1.165) is 6.42 Å². The number of pyridine rings is 1. The number of hydrogen-bond donors (Lipinski definition) is 0. The van der Waals surface area contributed by atoms with Gasteiger partial charge < -0.3 is 14.5 Å². The molecule has 0 amide bonds. The lowest BCUT2D eigenvalue weighted by molar-refractivity contribution is 0.219. The number of halogens is 1. The quantitative estimate of drug-likeness (QED) is 0.527. The molecule has 0 saturated carbocycles. The van der Waals surface area contributed by atoms with Crippen LogP contribution in [0.3, 0.4) is 0 Å². The number of piperidine rings is 1. The number of nitrogens with zero attached hydrogens (tertiary/aromatic N) is 3. The zero-order valence-corrected chi connectivity index (χ0v) is 19.7. The molecule has 0 N–H and O–H groups in total. The molecule has 2 aliphatic heterocycles. The number of rotatable bonds is 5. The first-order valence-corrected chi connectivity index (χ1v) is 12.0. The maximum Gasteiger partial charge on any atom is 0.212 e. The summed E-state index contributed by atoms with van der Waals surface area (Å²) in [6, 6.07) is 19.7. The van der Waals surface area contributed by atoms with Crippen molar-refractivity contribution < 1.29 is 9.13 Å². The van der Waals surface area contributed by atoms with E-state index in [1.807, 2.05) is 12.3 Å². The molecule has 33 heavy (non-hydrogen) atoms. The van der Waals surface area contributed by atoms with Crippen molar-refractivity contribution in [1.29, 1.82) is 0 Å². The molecular formula is C28H34FN3O. The summed E-state index contributed by atoms with van der Waals surface area (Å²) in [6.07, 6.45) is 6.62. The van der Waals surface area contributed by atoms with E-state index in [9.17, 15) is 4.39 Å². The summed E-state index contributed by atoms with van der Waals surface area (Å²) in [5, 5.41) is 0. The van der Waals surface area contributed by atoms with E-state index in [0.29, 0.717) is 11.9 Å². The molecule has 0 radical (unpaired) electrons. The summed E-state index contributed by atoms with van der Waals surface area (Å²) >= 11 is 0. The smallest absolute Gasteiger partial charge is 0.212 e. The van der Waals surface area contributed by atoms with Gasteiger partial charge in [-0.25, -0.2) is 9.37 Å². The Hall–Kier alpha value is -2.92. The summed E-state index contributed by atoms with van der Waals surface area (Å²) in [4.78, 5) is 9.58. The Kier molecular flexibility index (Phi) is 7.95. The number of likely N-dealkylation sites (tertiary alicyclic amines) is 1. The fraction of sp³-hybridized carbons (Fsp3) is 0.393. The summed E-state index contributed by atoms with van der Waals surface area (Å²) < 4.78 is 17.1. The predicted molar refractivity (Wildman–Crippen MR) is 133 cm³/mol. The van der Waals surface area contributed by atoms with Gasteiger partial charge in [-0.3, -0.25) is 0 Å². The van der Waals surface area contributed by atoms with E-state index >= 15 is 0 Å². The highest BCUT2D eigenvalue weighted by Crippen LogP contribution is 2.34. The van der Waals surface area contributed by atoms with Crippen molar-refractivity contribution in [2.24, 2.45) is 0 Å². The molecule has 4 nitrogen and oxygen atoms in total. The second-order valence-corrected chi connectivity index (χ2v) is 8.75. The Morgan fingerprint density at radius 1 is 0.970 bits per heavy atom. The number of aromatic nitrogens is 1. The second-order valence-electron chi connectivity index (χ2n) is 8.75. The second kappa shape index (κ2) is 11.3. The highest BCUT2D eigenvalue weighted by Gasteiger charge is 2.29. The van der Waals surface area contributed by atoms with E-state index in [1.165, 1.54) is 80.0 Å². The average Bonchev–Trinajstić information content (AvgIpc) is 3.29. The molecule has 0 atom stereocenters. The van der Waals surface area contributed by atoms with Gasteiger partial charge in [0.25, 0.3) is 0 Å². The Balaban J connectivity index is 0.000000318. The van der Waals surface area contributed by atoms with E-state index in [-0.39, 0.29) is 5.82 Å². The lowest BCUT2D eigenvalue weighted by Gasteiger charge is -2.37. The van der Waals surface area contributed by atoms with Gasteiger partial charge in [0.05, 0.1) is 7.11 Å². The minimum absolute atomic E-state index is 0.178. The van der Waals surface area contributed by atoms with Gasteiger partial charge in [0.1, 0.15) is 5.82 Å². The van der Waals surface area contributed by atoms with Gasteiger partial charge in [-0.1, -0.05) is 43.3 Å². The summed E-state index contributed by atoms with van der Waals surface area (Å²) in [5.41, 5.74) is 5.58. The first-order chi connectivity index (χ1) is 16.2. The van der Waals surface area contributed by atoms with Crippen molar-refractivity contribution in [2.45, 2.75) is 38.6 Å². The average molecular weight is 448 g/mol. The van der Waals surface area contributed by atoms with Crippen molar-refractivity contribution in [3.8, 4) is 5.88 Å². The minimum atomic E-state index is -0.178. The number of benzene rings is 2. The number of ether oxygens (including phenoxy) is 1. The lowest BCUT2D eigenvalue weighted by Crippen LogP contribution is -2.44. The summed E-state index contributed by atoms with van der Waals surface area (Å²) in [5.74, 6) is 0.495. The molecule has 3 heterocycles. The van der Waals surface area contributed by atoms with E-state index in [1.54, 1.807) is 25.3 Å². The van der Waals surface area contributed by atoms with E-state index in [4.69, 9.17) is 4.74 Å². The third-order valence-corrected chi connectivity index (χ3v) is 6.67. The molecule has 1 fully saturated rings. The molecule has 2 aliphatic rings. The molecular weight excluding hydrogens is 413 g/mol. The van der Waals surface area contributed by atoms with Crippen LogP contribution in [0.1, 0.15) is 36.5 Å². The van der Waals surface area contributed by atoms with Crippen molar-refractivity contribution >= 4 is 5.69 Å². The van der Waals surface area contributed by atoms with Crippen LogP contribution in [-0.2, 0) is 12.8 Å². The Labute approximate surface area is 197 Å². The van der Waals surface area contributed by atoms with Gasteiger partial charge in [-0.15, -0.1) is 0 Å². The molecule has 174 valence electrons. The fourth-order valence-electron chi connectivity index (χ4n) is 4.77. The SMILES string of the molecule is CCN1CCC(N2CCc3ccc(Cc4ccc(OC)nc4)cc32)CC1.Fc1ccccc1. The first-order valence-electron chi connectivity index (χ1n) is 12.0. The lowest BCUT2D eigenvalue weighted by atomic mass is 10.0. The van der Waals surface area contributed by atoms with Crippen LogP contribution in [0, 0.1) is 5.82 Å². The zero-order chi connectivity index (χ0) is 23.0.